The van der Waals surface area contributed by atoms with Gasteiger partial charge in [0.2, 0.25) is 5.91 Å². The van der Waals surface area contributed by atoms with Crippen LogP contribution in [0.15, 0.2) is 64.7 Å². The molecule has 3 N–H and O–H groups in total. The maximum Gasteiger partial charge on any atom is 0.259 e. The van der Waals surface area contributed by atoms with Gasteiger partial charge in [0.15, 0.2) is 5.16 Å². The number of aromatic amines is 2. The lowest BCUT2D eigenvalue weighted by Gasteiger charge is -2.11. The maximum atomic E-state index is 12.4. The van der Waals surface area contributed by atoms with Gasteiger partial charge in [-0.25, -0.2) is 4.98 Å². The van der Waals surface area contributed by atoms with Crippen molar-refractivity contribution >= 4 is 39.5 Å². The summed E-state index contributed by atoms with van der Waals surface area (Å²) in [5.41, 5.74) is 2.71. The van der Waals surface area contributed by atoms with Crippen LogP contribution in [0.3, 0.4) is 0 Å². The van der Waals surface area contributed by atoms with Crippen LogP contribution in [0, 0.1) is 0 Å². The summed E-state index contributed by atoms with van der Waals surface area (Å²) in [4.78, 5) is 35.0. The SMILES string of the molecule is C[C@H](Sc1nc2ccccc2c(=O)[nH]1)C(=O)NCCc1c[nH]c2ccccc12. The van der Waals surface area contributed by atoms with Crippen molar-refractivity contribution in [2.45, 2.75) is 23.8 Å². The molecule has 2 aromatic carbocycles. The van der Waals surface area contributed by atoms with Gasteiger partial charge in [-0.2, -0.15) is 0 Å². The van der Waals surface area contributed by atoms with Crippen LogP contribution in [0.5, 0.6) is 0 Å². The molecule has 0 saturated heterocycles. The molecule has 0 aliphatic carbocycles. The Hall–Kier alpha value is -3.06. The number of nitrogens with zero attached hydrogens (tertiary/aromatic N) is 1. The third-order valence-corrected chi connectivity index (χ3v) is 5.60. The molecule has 0 fully saturated rings. The van der Waals surface area contributed by atoms with Gasteiger partial charge in [0.05, 0.1) is 16.2 Å². The fraction of sp³-hybridized carbons (Fsp3) is 0.190. The summed E-state index contributed by atoms with van der Waals surface area (Å²) >= 11 is 1.25. The predicted molar refractivity (Wildman–Crippen MR) is 113 cm³/mol. The Morgan fingerprint density at radius 1 is 1.14 bits per heavy atom. The van der Waals surface area contributed by atoms with Crippen molar-refractivity contribution in [2.24, 2.45) is 0 Å². The minimum Gasteiger partial charge on any atom is -0.361 e. The Morgan fingerprint density at radius 3 is 2.75 bits per heavy atom. The summed E-state index contributed by atoms with van der Waals surface area (Å²) < 4.78 is 0. The molecule has 0 unspecified atom stereocenters. The predicted octanol–water partition coefficient (Wildman–Crippen LogP) is 3.24. The molecule has 6 nitrogen and oxygen atoms in total. The number of hydrogen-bond donors (Lipinski definition) is 3. The van der Waals surface area contributed by atoms with E-state index in [9.17, 15) is 9.59 Å². The van der Waals surface area contributed by atoms with Crippen LogP contribution in [0.25, 0.3) is 21.8 Å². The standard InChI is InChI=1S/C21H20N4O2S/c1-13(28-21-24-18-9-5-3-7-16(18)20(27)25-21)19(26)22-11-10-14-12-23-17-8-4-2-6-15(14)17/h2-9,12-13,23H,10-11H2,1H3,(H,22,26)(H,24,25,27)/t13-/m0/s1. The zero-order chi connectivity index (χ0) is 19.5. The first-order valence-electron chi connectivity index (χ1n) is 9.10. The van der Waals surface area contributed by atoms with Gasteiger partial charge in [-0.05, 0) is 37.1 Å². The molecule has 0 aliphatic rings. The average molecular weight is 392 g/mol. The molecule has 0 saturated carbocycles. The molecule has 28 heavy (non-hydrogen) atoms. The van der Waals surface area contributed by atoms with Crippen LogP contribution in [0.4, 0.5) is 0 Å². The molecule has 4 rings (SSSR count). The van der Waals surface area contributed by atoms with E-state index in [4.69, 9.17) is 0 Å². The molecule has 1 amide bonds. The summed E-state index contributed by atoms with van der Waals surface area (Å²) in [6.45, 7) is 2.36. The second-order valence-electron chi connectivity index (χ2n) is 6.55. The van der Waals surface area contributed by atoms with Crippen molar-refractivity contribution < 1.29 is 4.79 Å². The lowest BCUT2D eigenvalue weighted by Crippen LogP contribution is -2.32. The highest BCUT2D eigenvalue weighted by Gasteiger charge is 2.16. The molecule has 1 atom stereocenters. The van der Waals surface area contributed by atoms with Gasteiger partial charge in [0.1, 0.15) is 0 Å². The number of fused-ring (bicyclic) bond motifs is 2. The molecule has 0 bridgehead atoms. The van der Waals surface area contributed by atoms with Crippen LogP contribution in [0.1, 0.15) is 12.5 Å². The Morgan fingerprint density at radius 2 is 1.89 bits per heavy atom. The molecule has 0 spiro atoms. The highest BCUT2D eigenvalue weighted by Crippen LogP contribution is 2.20. The monoisotopic (exact) mass is 392 g/mol. The molecule has 4 aromatic rings. The van der Waals surface area contributed by atoms with Gasteiger partial charge in [-0.3, -0.25) is 9.59 Å². The van der Waals surface area contributed by atoms with Crippen molar-refractivity contribution in [3.63, 3.8) is 0 Å². The minimum absolute atomic E-state index is 0.0827. The molecule has 0 radical (unpaired) electrons. The molecule has 142 valence electrons. The maximum absolute atomic E-state index is 12.4. The number of amides is 1. The minimum atomic E-state index is -0.368. The van der Waals surface area contributed by atoms with Crippen molar-refractivity contribution in [3.8, 4) is 0 Å². The van der Waals surface area contributed by atoms with E-state index in [1.165, 1.54) is 22.7 Å². The first-order valence-corrected chi connectivity index (χ1v) is 9.98. The normalized spacial score (nSPS) is 12.3. The summed E-state index contributed by atoms with van der Waals surface area (Å²) in [7, 11) is 0. The van der Waals surface area contributed by atoms with Crippen LogP contribution < -0.4 is 10.9 Å². The lowest BCUT2D eigenvalue weighted by molar-refractivity contribution is -0.120. The van der Waals surface area contributed by atoms with Gasteiger partial charge in [-0.15, -0.1) is 0 Å². The van der Waals surface area contributed by atoms with Crippen molar-refractivity contribution in [2.75, 3.05) is 6.54 Å². The molecule has 7 heteroatoms. The van der Waals surface area contributed by atoms with Gasteiger partial charge in [0.25, 0.3) is 5.56 Å². The largest absolute Gasteiger partial charge is 0.361 e. The van der Waals surface area contributed by atoms with Crippen LogP contribution in [-0.2, 0) is 11.2 Å². The second-order valence-corrected chi connectivity index (χ2v) is 7.88. The molecule has 2 aromatic heterocycles. The smallest absolute Gasteiger partial charge is 0.259 e. The van der Waals surface area contributed by atoms with E-state index >= 15 is 0 Å². The van der Waals surface area contributed by atoms with Crippen LogP contribution in [0.2, 0.25) is 0 Å². The fourth-order valence-corrected chi connectivity index (χ4v) is 3.97. The number of hydrogen-bond acceptors (Lipinski definition) is 4. The number of aromatic nitrogens is 3. The summed E-state index contributed by atoms with van der Waals surface area (Å²) in [5, 5.41) is 4.76. The van der Waals surface area contributed by atoms with Gasteiger partial charge in [0, 0.05) is 23.6 Å². The topological polar surface area (TPSA) is 90.6 Å². The van der Waals surface area contributed by atoms with Crippen LogP contribution >= 0.6 is 11.8 Å². The molecular weight excluding hydrogens is 372 g/mol. The van der Waals surface area contributed by atoms with Gasteiger partial charge in [-0.1, -0.05) is 42.1 Å². The van der Waals surface area contributed by atoms with E-state index < -0.39 is 0 Å². The van der Waals surface area contributed by atoms with Crippen molar-refractivity contribution in [1.82, 2.24) is 20.3 Å². The highest BCUT2D eigenvalue weighted by molar-refractivity contribution is 8.00. The number of rotatable bonds is 6. The highest BCUT2D eigenvalue weighted by atomic mass is 32.2. The number of carbonyl (C=O) groups excluding carboxylic acids is 1. The first kappa shape index (κ1) is 18.3. The third kappa shape index (κ3) is 3.80. The van der Waals surface area contributed by atoms with Crippen LogP contribution in [-0.4, -0.2) is 32.7 Å². The number of para-hydroxylation sites is 2. The van der Waals surface area contributed by atoms with Crippen molar-refractivity contribution in [3.05, 3.63) is 70.6 Å². The zero-order valence-electron chi connectivity index (χ0n) is 15.4. The number of benzene rings is 2. The quantitative estimate of drug-likeness (QED) is 0.347. The van der Waals surface area contributed by atoms with E-state index in [1.807, 2.05) is 30.5 Å². The Labute approximate surface area is 165 Å². The van der Waals surface area contributed by atoms with Gasteiger partial charge >= 0.3 is 0 Å². The van der Waals surface area contributed by atoms with Crippen molar-refractivity contribution in [1.29, 1.82) is 0 Å². The number of nitrogens with one attached hydrogen (secondary N) is 3. The number of carbonyl (C=O) groups is 1. The third-order valence-electron chi connectivity index (χ3n) is 4.62. The lowest BCUT2D eigenvalue weighted by atomic mass is 10.1. The average Bonchev–Trinajstić information content (AvgIpc) is 3.11. The van der Waals surface area contributed by atoms with E-state index in [1.54, 1.807) is 25.1 Å². The zero-order valence-corrected chi connectivity index (χ0v) is 16.2. The van der Waals surface area contributed by atoms with E-state index in [0.717, 1.165) is 11.9 Å². The fourth-order valence-electron chi connectivity index (χ4n) is 3.14. The Balaban J connectivity index is 1.36. The summed E-state index contributed by atoms with van der Waals surface area (Å²) in [6, 6.07) is 15.3. The Bertz CT molecular complexity index is 1200. The van der Waals surface area contributed by atoms with E-state index in [2.05, 4.69) is 26.3 Å². The Kier molecular flexibility index (Phi) is 5.16. The van der Waals surface area contributed by atoms with E-state index in [-0.39, 0.29) is 16.7 Å². The molecular formula is C21H20N4O2S. The number of thioether (sulfide) groups is 1. The first-order chi connectivity index (χ1) is 13.6. The number of H-pyrrole nitrogens is 2. The molecule has 0 aliphatic heterocycles. The second kappa shape index (κ2) is 7.90. The molecule has 2 heterocycles. The van der Waals surface area contributed by atoms with E-state index in [0.29, 0.717) is 22.6 Å². The van der Waals surface area contributed by atoms with Gasteiger partial charge < -0.3 is 15.3 Å². The summed E-state index contributed by atoms with van der Waals surface area (Å²) in [6.07, 6.45) is 2.73. The summed E-state index contributed by atoms with van der Waals surface area (Å²) in [5.74, 6) is -0.0827.